The summed E-state index contributed by atoms with van der Waals surface area (Å²) in [6.07, 6.45) is 1.72. The molecule has 40 heavy (non-hydrogen) atoms. The van der Waals surface area contributed by atoms with E-state index >= 15 is 0 Å². The van der Waals surface area contributed by atoms with Gasteiger partial charge in [-0.1, -0.05) is 30.3 Å². The van der Waals surface area contributed by atoms with Crippen molar-refractivity contribution in [1.29, 1.82) is 0 Å². The fourth-order valence-corrected chi connectivity index (χ4v) is 6.18. The fraction of sp³-hybridized carbons (Fsp3) is 0.345. The Morgan fingerprint density at radius 1 is 1.05 bits per heavy atom. The van der Waals surface area contributed by atoms with Crippen molar-refractivity contribution < 1.29 is 31.9 Å². The minimum absolute atomic E-state index is 0.0210. The van der Waals surface area contributed by atoms with Crippen LogP contribution in [0.5, 0.6) is 5.75 Å². The number of fused-ring (bicyclic) bond motifs is 3. The van der Waals surface area contributed by atoms with Crippen LogP contribution in [0.2, 0.25) is 0 Å². The lowest BCUT2D eigenvalue weighted by atomic mass is 9.72. The van der Waals surface area contributed by atoms with Crippen molar-refractivity contribution in [2.24, 2.45) is 5.92 Å². The summed E-state index contributed by atoms with van der Waals surface area (Å²) in [6.45, 7) is -0.553. The first-order valence-electron chi connectivity index (χ1n) is 13.1. The smallest absolute Gasteiger partial charge is 0.275 e. The van der Waals surface area contributed by atoms with Crippen LogP contribution in [0.1, 0.15) is 51.2 Å². The van der Waals surface area contributed by atoms with Crippen molar-refractivity contribution in [2.75, 3.05) is 0 Å². The maximum absolute atomic E-state index is 14.8. The number of benzene rings is 2. The van der Waals surface area contributed by atoms with Gasteiger partial charge in [0.25, 0.3) is 11.8 Å². The summed E-state index contributed by atoms with van der Waals surface area (Å²) in [4.78, 5) is 42.1. The number of pyridine rings is 1. The van der Waals surface area contributed by atoms with Crippen LogP contribution in [-0.4, -0.2) is 39.5 Å². The largest absolute Gasteiger partial charge is 0.483 e. The summed E-state index contributed by atoms with van der Waals surface area (Å²) in [5.74, 6) is -5.59. The molecule has 1 N–H and O–H groups in total. The van der Waals surface area contributed by atoms with E-state index < -0.39 is 64.6 Å². The zero-order chi connectivity index (χ0) is 28.1. The standard InChI is InChI=1S/C29H25F4N3O4/c30-16-8-21(31)19(22(32)9-16)11-34-28(38)20-12-35-13-24-18-7-6-17(10-23(18)33)36(24)29(39)25(35)27(26(20)37)40-14-15-4-2-1-3-5-15/h1-5,8-9,12,17-18,23-24H,6-7,10-11,13-14H2,(H,34,38)/t17-,18?,23?,24+/m1/s1. The van der Waals surface area contributed by atoms with E-state index in [2.05, 4.69) is 5.32 Å². The Kier molecular flexibility index (Phi) is 6.59. The second-order valence-electron chi connectivity index (χ2n) is 10.4. The molecule has 2 unspecified atom stereocenters. The molecule has 4 heterocycles. The zero-order valence-corrected chi connectivity index (χ0v) is 21.2. The molecular formula is C29H25F4N3O4. The number of alkyl halides is 1. The Balaban J connectivity index is 1.37. The van der Waals surface area contributed by atoms with Crippen molar-refractivity contribution in [1.82, 2.24) is 14.8 Å². The third-order valence-electron chi connectivity index (χ3n) is 8.10. The number of hydrogen-bond acceptors (Lipinski definition) is 4. The number of nitrogens with one attached hydrogen (secondary N) is 1. The van der Waals surface area contributed by atoms with Gasteiger partial charge in [-0.25, -0.2) is 17.6 Å². The normalized spacial score (nSPS) is 23.0. The number of halogens is 4. The summed E-state index contributed by atoms with van der Waals surface area (Å²) < 4.78 is 63.6. The third kappa shape index (κ3) is 4.43. The van der Waals surface area contributed by atoms with Crippen LogP contribution in [-0.2, 0) is 19.7 Å². The van der Waals surface area contributed by atoms with E-state index in [1.807, 2.05) is 6.07 Å². The number of ether oxygens (including phenoxy) is 1. The van der Waals surface area contributed by atoms with Gasteiger partial charge in [0.2, 0.25) is 5.43 Å². The van der Waals surface area contributed by atoms with Crippen molar-refractivity contribution in [3.05, 3.63) is 98.7 Å². The van der Waals surface area contributed by atoms with E-state index in [0.29, 0.717) is 25.0 Å². The third-order valence-corrected chi connectivity index (χ3v) is 8.10. The van der Waals surface area contributed by atoms with Crippen LogP contribution in [0.25, 0.3) is 0 Å². The van der Waals surface area contributed by atoms with E-state index in [1.54, 1.807) is 29.2 Å². The topological polar surface area (TPSA) is 80.6 Å². The summed E-state index contributed by atoms with van der Waals surface area (Å²) in [5, 5.41) is 2.30. The maximum Gasteiger partial charge on any atom is 0.275 e. The van der Waals surface area contributed by atoms with Crippen LogP contribution in [0, 0.1) is 23.4 Å². The second-order valence-corrected chi connectivity index (χ2v) is 10.4. The predicted molar refractivity (Wildman–Crippen MR) is 135 cm³/mol. The molecule has 4 aliphatic rings. The van der Waals surface area contributed by atoms with Crippen molar-refractivity contribution in [3.8, 4) is 5.75 Å². The monoisotopic (exact) mass is 555 g/mol. The van der Waals surface area contributed by atoms with Gasteiger partial charge in [0.1, 0.15) is 35.8 Å². The highest BCUT2D eigenvalue weighted by molar-refractivity contribution is 5.99. The highest BCUT2D eigenvalue weighted by atomic mass is 19.1. The van der Waals surface area contributed by atoms with E-state index in [4.69, 9.17) is 4.74 Å². The lowest BCUT2D eigenvalue weighted by Gasteiger charge is -2.55. The molecule has 0 spiro atoms. The Morgan fingerprint density at radius 2 is 1.77 bits per heavy atom. The number of nitrogens with zero attached hydrogens (tertiary/aromatic N) is 2. The zero-order valence-electron chi connectivity index (χ0n) is 21.2. The first-order valence-corrected chi connectivity index (χ1v) is 13.1. The van der Waals surface area contributed by atoms with Crippen LogP contribution >= 0.6 is 0 Å². The number of piperidine rings is 2. The van der Waals surface area contributed by atoms with Gasteiger partial charge < -0.3 is 19.5 Å². The number of aromatic nitrogens is 1. The molecule has 0 radical (unpaired) electrons. The molecule has 3 aliphatic heterocycles. The molecule has 2 saturated heterocycles. The highest BCUT2D eigenvalue weighted by Crippen LogP contribution is 2.45. The van der Waals surface area contributed by atoms with Gasteiger partial charge >= 0.3 is 0 Å². The molecule has 1 aliphatic carbocycles. The minimum Gasteiger partial charge on any atom is -0.483 e. The van der Waals surface area contributed by atoms with Gasteiger partial charge in [-0.2, -0.15) is 0 Å². The molecule has 2 bridgehead atoms. The molecule has 1 saturated carbocycles. The van der Waals surface area contributed by atoms with E-state index in [-0.39, 0.29) is 43.0 Å². The first-order chi connectivity index (χ1) is 19.2. The Bertz CT molecular complexity index is 1540. The average Bonchev–Trinajstić information content (AvgIpc) is 2.92. The van der Waals surface area contributed by atoms with Crippen LogP contribution in [0.15, 0.2) is 53.5 Å². The van der Waals surface area contributed by atoms with Gasteiger partial charge in [0, 0.05) is 48.9 Å². The van der Waals surface area contributed by atoms with Gasteiger partial charge in [-0.3, -0.25) is 14.4 Å². The van der Waals surface area contributed by atoms with Crippen LogP contribution < -0.4 is 15.5 Å². The number of rotatable bonds is 6. The molecule has 2 amide bonds. The summed E-state index contributed by atoms with van der Waals surface area (Å²) in [6, 6.07) is 9.17. The molecule has 3 aromatic rings. The summed E-state index contributed by atoms with van der Waals surface area (Å²) in [7, 11) is 0. The molecule has 11 heteroatoms. The highest BCUT2D eigenvalue weighted by Gasteiger charge is 2.52. The molecule has 208 valence electrons. The van der Waals surface area contributed by atoms with Crippen molar-refractivity contribution in [3.63, 3.8) is 0 Å². The summed E-state index contributed by atoms with van der Waals surface area (Å²) >= 11 is 0. The molecule has 1 aromatic heterocycles. The van der Waals surface area contributed by atoms with Crippen LogP contribution in [0.3, 0.4) is 0 Å². The quantitative estimate of drug-likeness (QED) is 0.465. The van der Waals surface area contributed by atoms with Gasteiger partial charge in [0.05, 0.1) is 6.04 Å². The second kappa shape index (κ2) is 10.1. The van der Waals surface area contributed by atoms with Gasteiger partial charge in [0.15, 0.2) is 11.4 Å². The fourth-order valence-electron chi connectivity index (χ4n) is 6.18. The lowest BCUT2D eigenvalue weighted by molar-refractivity contribution is -0.0562. The van der Waals surface area contributed by atoms with Crippen molar-refractivity contribution in [2.45, 2.75) is 57.2 Å². The van der Waals surface area contributed by atoms with E-state index in [1.165, 1.54) is 10.8 Å². The predicted octanol–water partition coefficient (Wildman–Crippen LogP) is 4.12. The molecule has 7 nitrogen and oxygen atoms in total. The number of hydrogen-bond donors (Lipinski definition) is 1. The molecule has 3 fully saturated rings. The number of amides is 2. The van der Waals surface area contributed by atoms with E-state index in [0.717, 1.165) is 5.56 Å². The Labute approximate surface area is 226 Å². The number of carbonyl (C=O) groups is 2. The van der Waals surface area contributed by atoms with Gasteiger partial charge in [-0.15, -0.1) is 0 Å². The van der Waals surface area contributed by atoms with Gasteiger partial charge in [-0.05, 0) is 24.8 Å². The Morgan fingerprint density at radius 3 is 2.48 bits per heavy atom. The molecular weight excluding hydrogens is 530 g/mol. The first kappa shape index (κ1) is 26.1. The average molecular weight is 556 g/mol. The Hall–Kier alpha value is -4.15. The molecule has 7 rings (SSSR count). The minimum atomic E-state index is -1.19. The van der Waals surface area contributed by atoms with Crippen LogP contribution in [0.4, 0.5) is 17.6 Å². The lowest BCUT2D eigenvalue weighted by Crippen LogP contribution is -2.65. The van der Waals surface area contributed by atoms with E-state index in [9.17, 15) is 31.9 Å². The van der Waals surface area contributed by atoms with Crippen molar-refractivity contribution >= 4 is 11.8 Å². The summed E-state index contributed by atoms with van der Waals surface area (Å²) in [5.41, 5.74) is -1.15. The molecule has 2 aromatic carbocycles. The maximum atomic E-state index is 14.8. The molecule has 4 atom stereocenters. The SMILES string of the molecule is O=C(NCc1c(F)cc(F)cc1F)c1cn2c(c(OCc3ccccc3)c1=O)C(=O)N1[C@@H]3CCC(C(F)C3)[C@@H]1C2. The number of carbonyl (C=O) groups excluding carboxylic acids is 2.